The number of fused-ring (bicyclic) bond motifs is 1. The number of anilines is 2. The summed E-state index contributed by atoms with van der Waals surface area (Å²) in [6.07, 6.45) is 6.65. The molecule has 0 aromatic carbocycles. The Morgan fingerprint density at radius 3 is 2.72 bits per heavy atom. The number of ether oxygens (including phenoxy) is 2. The average molecular weight is 398 g/mol. The van der Waals surface area contributed by atoms with Crippen LogP contribution in [-0.2, 0) is 11.3 Å². The number of likely N-dealkylation sites (tertiary alicyclic amines) is 1. The number of nitrogens with zero attached hydrogens (tertiary/aromatic N) is 6. The topological polar surface area (TPSA) is 85.6 Å². The smallest absolute Gasteiger partial charge is 0.410 e. The molecule has 29 heavy (non-hydrogen) atoms. The fourth-order valence-corrected chi connectivity index (χ4v) is 3.93. The molecular formula is C20H26N6O3. The van der Waals surface area contributed by atoms with Gasteiger partial charge in [0.05, 0.1) is 18.3 Å². The summed E-state index contributed by atoms with van der Waals surface area (Å²) in [5.74, 6) is 2.50. The van der Waals surface area contributed by atoms with Gasteiger partial charge in [-0.3, -0.25) is 0 Å². The molecule has 9 nitrogen and oxygen atoms in total. The van der Waals surface area contributed by atoms with Crippen molar-refractivity contribution in [1.29, 1.82) is 0 Å². The molecule has 2 fully saturated rings. The van der Waals surface area contributed by atoms with Crippen LogP contribution in [0.4, 0.5) is 16.4 Å². The molecule has 9 heteroatoms. The molecule has 1 aliphatic carbocycles. The van der Waals surface area contributed by atoms with Crippen LogP contribution in [0.1, 0.15) is 38.2 Å². The van der Waals surface area contributed by atoms with E-state index in [0.717, 1.165) is 56.0 Å². The van der Waals surface area contributed by atoms with Gasteiger partial charge in [0.1, 0.15) is 29.7 Å². The van der Waals surface area contributed by atoms with E-state index in [2.05, 4.69) is 20.0 Å². The molecule has 5 rings (SSSR count). The average Bonchev–Trinajstić information content (AvgIpc) is 3.10. The van der Waals surface area contributed by atoms with Crippen LogP contribution in [0.25, 0.3) is 0 Å². The van der Waals surface area contributed by atoms with E-state index in [-0.39, 0.29) is 17.8 Å². The van der Waals surface area contributed by atoms with Crippen LogP contribution in [0.5, 0.6) is 5.88 Å². The third kappa shape index (κ3) is 3.49. The molecule has 4 heterocycles. The Kier molecular flexibility index (Phi) is 4.33. The van der Waals surface area contributed by atoms with E-state index < -0.39 is 0 Å². The second-order valence-electron chi connectivity index (χ2n) is 8.31. The van der Waals surface area contributed by atoms with Gasteiger partial charge >= 0.3 is 6.09 Å². The van der Waals surface area contributed by atoms with E-state index in [1.165, 1.54) is 0 Å². The summed E-state index contributed by atoms with van der Waals surface area (Å²) in [5.41, 5.74) is 0.690. The first-order chi connectivity index (χ1) is 14.0. The Balaban J connectivity index is 1.22. The second-order valence-corrected chi connectivity index (χ2v) is 8.31. The number of aromatic nitrogens is 4. The van der Waals surface area contributed by atoms with Gasteiger partial charge in [-0.05, 0) is 26.7 Å². The molecule has 2 aliphatic heterocycles. The van der Waals surface area contributed by atoms with Gasteiger partial charge in [0, 0.05) is 38.5 Å². The second kappa shape index (κ2) is 6.89. The highest BCUT2D eigenvalue weighted by molar-refractivity contribution is 5.68. The number of rotatable bonds is 4. The first-order valence-corrected chi connectivity index (χ1v) is 10.3. The van der Waals surface area contributed by atoms with Gasteiger partial charge in [-0.2, -0.15) is 5.10 Å². The summed E-state index contributed by atoms with van der Waals surface area (Å²) in [6.45, 7) is 6.94. The van der Waals surface area contributed by atoms with Crippen molar-refractivity contribution in [2.75, 3.05) is 24.5 Å². The largest absolute Gasteiger partial charge is 0.474 e. The Morgan fingerprint density at radius 1 is 1.17 bits per heavy atom. The van der Waals surface area contributed by atoms with Crippen LogP contribution >= 0.6 is 0 Å². The highest BCUT2D eigenvalue weighted by atomic mass is 16.6. The van der Waals surface area contributed by atoms with Crippen LogP contribution in [0.15, 0.2) is 18.6 Å². The zero-order valence-corrected chi connectivity index (χ0v) is 16.9. The Morgan fingerprint density at radius 2 is 1.97 bits per heavy atom. The van der Waals surface area contributed by atoms with Gasteiger partial charge in [0.25, 0.3) is 0 Å². The fourth-order valence-electron chi connectivity index (χ4n) is 3.93. The van der Waals surface area contributed by atoms with E-state index in [0.29, 0.717) is 19.0 Å². The van der Waals surface area contributed by atoms with Crippen LogP contribution in [0.3, 0.4) is 0 Å². The van der Waals surface area contributed by atoms with Gasteiger partial charge in [-0.1, -0.05) is 0 Å². The van der Waals surface area contributed by atoms with Gasteiger partial charge in [0.2, 0.25) is 5.88 Å². The van der Waals surface area contributed by atoms with E-state index in [4.69, 9.17) is 9.47 Å². The zero-order valence-electron chi connectivity index (χ0n) is 16.9. The van der Waals surface area contributed by atoms with Crippen molar-refractivity contribution in [1.82, 2.24) is 24.6 Å². The van der Waals surface area contributed by atoms with Crippen LogP contribution in [-0.4, -0.2) is 62.1 Å². The maximum absolute atomic E-state index is 12.3. The fraction of sp³-hybridized carbons (Fsp3) is 0.600. The monoisotopic (exact) mass is 398 g/mol. The maximum Gasteiger partial charge on any atom is 0.410 e. The Hall–Kier alpha value is -2.84. The minimum Gasteiger partial charge on any atom is -0.474 e. The number of carbonyl (C=O) groups excluding carboxylic acids is 1. The summed E-state index contributed by atoms with van der Waals surface area (Å²) < 4.78 is 13.8. The summed E-state index contributed by atoms with van der Waals surface area (Å²) in [5, 5.41) is 4.32. The van der Waals surface area contributed by atoms with Crippen molar-refractivity contribution < 1.29 is 14.3 Å². The van der Waals surface area contributed by atoms with Crippen molar-refractivity contribution in [3.05, 3.63) is 24.2 Å². The lowest BCUT2D eigenvalue weighted by atomic mass is 10.1. The first-order valence-electron chi connectivity index (χ1n) is 10.3. The van der Waals surface area contributed by atoms with Crippen molar-refractivity contribution in [2.24, 2.45) is 0 Å². The molecule has 0 atom stereocenters. The van der Waals surface area contributed by atoms with Crippen LogP contribution < -0.4 is 9.64 Å². The molecule has 0 bridgehead atoms. The Labute approximate surface area is 169 Å². The highest BCUT2D eigenvalue weighted by Gasteiger charge is 2.43. The van der Waals surface area contributed by atoms with E-state index in [1.807, 2.05) is 24.6 Å². The van der Waals surface area contributed by atoms with Crippen molar-refractivity contribution >= 4 is 17.7 Å². The summed E-state index contributed by atoms with van der Waals surface area (Å²) in [4.78, 5) is 25.1. The molecule has 1 saturated heterocycles. The van der Waals surface area contributed by atoms with Crippen molar-refractivity contribution in [2.45, 2.75) is 57.8 Å². The van der Waals surface area contributed by atoms with Gasteiger partial charge in [-0.25, -0.2) is 19.4 Å². The lowest BCUT2D eigenvalue weighted by Crippen LogP contribution is -2.43. The molecule has 0 unspecified atom stereocenters. The SMILES string of the molecule is Cc1c(OC2CCN(C(=O)OC3(C)CC3)CC2)ncnc1N1CCn2nccc21. The number of carbonyl (C=O) groups is 1. The van der Waals surface area contributed by atoms with Crippen LogP contribution in [0.2, 0.25) is 0 Å². The van der Waals surface area contributed by atoms with E-state index in [1.54, 1.807) is 17.4 Å². The number of amides is 1. The van der Waals surface area contributed by atoms with Gasteiger partial charge < -0.3 is 19.3 Å². The molecule has 2 aromatic rings. The molecule has 154 valence electrons. The minimum absolute atomic E-state index is 0.0288. The maximum atomic E-state index is 12.3. The lowest BCUT2D eigenvalue weighted by Gasteiger charge is -2.32. The minimum atomic E-state index is -0.232. The number of hydrogen-bond acceptors (Lipinski definition) is 7. The normalized spacial score (nSPS) is 20.5. The number of piperidine rings is 1. The lowest BCUT2D eigenvalue weighted by molar-refractivity contribution is 0.0379. The first kappa shape index (κ1) is 18.2. The predicted molar refractivity (Wildman–Crippen MR) is 105 cm³/mol. The van der Waals surface area contributed by atoms with Crippen molar-refractivity contribution in [3.63, 3.8) is 0 Å². The standard InChI is InChI=1S/C20H26N6O3/c1-14-17(25-11-12-26-16(25)3-8-23-26)21-13-22-18(14)28-15-4-9-24(10-5-15)19(27)29-20(2)6-7-20/h3,8,13,15H,4-7,9-12H2,1-2H3. The van der Waals surface area contributed by atoms with E-state index >= 15 is 0 Å². The van der Waals surface area contributed by atoms with E-state index in [9.17, 15) is 4.79 Å². The Bertz CT molecular complexity index is 917. The number of hydrogen-bond donors (Lipinski definition) is 0. The third-order valence-corrected chi connectivity index (χ3v) is 6.04. The molecule has 0 spiro atoms. The molecule has 3 aliphatic rings. The third-order valence-electron chi connectivity index (χ3n) is 6.04. The molecule has 1 amide bonds. The summed E-state index contributed by atoms with van der Waals surface area (Å²) in [6, 6.07) is 1.99. The zero-order chi connectivity index (χ0) is 20.0. The molecular weight excluding hydrogens is 372 g/mol. The molecule has 0 N–H and O–H groups in total. The predicted octanol–water partition coefficient (Wildman–Crippen LogP) is 2.67. The van der Waals surface area contributed by atoms with Crippen LogP contribution in [0, 0.1) is 6.92 Å². The molecule has 1 saturated carbocycles. The van der Waals surface area contributed by atoms with Gasteiger partial charge in [0.15, 0.2) is 0 Å². The molecule has 0 radical (unpaired) electrons. The van der Waals surface area contributed by atoms with Crippen molar-refractivity contribution in [3.8, 4) is 5.88 Å². The molecule has 2 aromatic heterocycles. The highest BCUT2D eigenvalue weighted by Crippen LogP contribution is 2.39. The summed E-state index contributed by atoms with van der Waals surface area (Å²) in [7, 11) is 0. The summed E-state index contributed by atoms with van der Waals surface area (Å²) >= 11 is 0. The quantitative estimate of drug-likeness (QED) is 0.783. The van der Waals surface area contributed by atoms with Gasteiger partial charge in [-0.15, -0.1) is 0 Å².